The maximum atomic E-state index is 14.1. The molecule has 33 heavy (non-hydrogen) atoms. The van der Waals surface area contributed by atoms with Crippen molar-refractivity contribution < 1.29 is 33.0 Å². The summed E-state index contributed by atoms with van der Waals surface area (Å²) < 4.78 is 30.5. The predicted octanol–water partition coefficient (Wildman–Crippen LogP) is 5.27. The standard InChI is InChI=1S/C22H18ClFINO6S/c1-3-31-17-8-12(7-16(25)20(17)32-11-19(27)30-2)9-18-21(28)26(22(29)33-18)10-13-14(23)5-4-6-15(13)24/h4-9H,3,10-11H2,1-2H3/b18-9-. The number of amides is 2. The van der Waals surface area contributed by atoms with Gasteiger partial charge in [0, 0.05) is 10.6 Å². The van der Waals surface area contributed by atoms with Crippen LogP contribution in [-0.2, 0) is 20.9 Å². The zero-order chi connectivity index (χ0) is 24.1. The van der Waals surface area contributed by atoms with Crippen LogP contribution in [0.15, 0.2) is 35.2 Å². The van der Waals surface area contributed by atoms with Crippen molar-refractivity contribution in [3.8, 4) is 11.5 Å². The number of rotatable bonds is 8. The molecule has 0 spiro atoms. The van der Waals surface area contributed by atoms with E-state index in [4.69, 9.17) is 21.1 Å². The second kappa shape index (κ2) is 11.2. The molecule has 2 aromatic carbocycles. The number of carbonyl (C=O) groups is 3. The number of carbonyl (C=O) groups excluding carboxylic acids is 3. The molecule has 2 aromatic rings. The Balaban J connectivity index is 1.87. The SMILES string of the molecule is CCOc1cc(/C=C2\SC(=O)N(Cc3c(F)cccc3Cl)C2=O)cc(I)c1OCC(=O)OC. The summed E-state index contributed by atoms with van der Waals surface area (Å²) >= 11 is 8.81. The fraction of sp³-hybridized carbons (Fsp3) is 0.227. The summed E-state index contributed by atoms with van der Waals surface area (Å²) in [6.45, 7) is 1.58. The Hall–Kier alpha value is -2.31. The first-order chi connectivity index (χ1) is 15.7. The Bertz CT molecular complexity index is 1120. The Morgan fingerprint density at radius 3 is 2.70 bits per heavy atom. The third kappa shape index (κ3) is 5.98. The van der Waals surface area contributed by atoms with Gasteiger partial charge in [0.2, 0.25) is 0 Å². The number of hydrogen-bond donors (Lipinski definition) is 0. The van der Waals surface area contributed by atoms with Gasteiger partial charge in [0.1, 0.15) is 5.82 Å². The van der Waals surface area contributed by atoms with E-state index in [1.165, 1.54) is 25.3 Å². The van der Waals surface area contributed by atoms with Gasteiger partial charge in [0.25, 0.3) is 11.1 Å². The second-order valence-electron chi connectivity index (χ2n) is 6.60. The molecule has 0 aliphatic carbocycles. The van der Waals surface area contributed by atoms with E-state index in [1.54, 1.807) is 25.1 Å². The molecule has 0 atom stereocenters. The largest absolute Gasteiger partial charge is 0.490 e. The van der Waals surface area contributed by atoms with Crippen LogP contribution in [-0.4, -0.2) is 42.3 Å². The molecule has 0 unspecified atom stereocenters. The summed E-state index contributed by atoms with van der Waals surface area (Å²) in [5.41, 5.74) is 0.658. The number of hydrogen-bond acceptors (Lipinski definition) is 7. The van der Waals surface area contributed by atoms with E-state index in [-0.39, 0.29) is 28.6 Å². The summed E-state index contributed by atoms with van der Waals surface area (Å²) in [6, 6.07) is 7.52. The minimum absolute atomic E-state index is 0.0722. The molecular formula is C22H18ClFINO6S. The van der Waals surface area contributed by atoms with Crippen molar-refractivity contribution in [1.82, 2.24) is 4.90 Å². The van der Waals surface area contributed by atoms with Crippen molar-refractivity contribution in [2.75, 3.05) is 20.3 Å². The first kappa shape index (κ1) is 25.3. The molecule has 1 heterocycles. The molecule has 7 nitrogen and oxygen atoms in total. The molecule has 11 heteroatoms. The van der Waals surface area contributed by atoms with E-state index in [0.717, 1.165) is 16.7 Å². The molecule has 174 valence electrons. The topological polar surface area (TPSA) is 82.1 Å². The quantitative estimate of drug-likeness (QED) is 0.230. The minimum atomic E-state index is -0.594. The van der Waals surface area contributed by atoms with Gasteiger partial charge in [0.15, 0.2) is 18.1 Å². The Morgan fingerprint density at radius 1 is 1.27 bits per heavy atom. The van der Waals surface area contributed by atoms with Crippen molar-refractivity contribution in [3.63, 3.8) is 0 Å². The van der Waals surface area contributed by atoms with E-state index < -0.39 is 22.9 Å². The summed E-state index contributed by atoms with van der Waals surface area (Å²) in [4.78, 5) is 37.9. The number of imide groups is 1. The average Bonchev–Trinajstić information content (AvgIpc) is 3.02. The third-order valence-corrected chi connectivity index (χ3v) is 6.51. The Kier molecular flexibility index (Phi) is 8.60. The second-order valence-corrected chi connectivity index (χ2v) is 9.16. The summed E-state index contributed by atoms with van der Waals surface area (Å²) in [5, 5.41) is -0.389. The van der Waals surface area contributed by atoms with Crippen LogP contribution in [0.3, 0.4) is 0 Å². The van der Waals surface area contributed by atoms with E-state index in [2.05, 4.69) is 4.74 Å². The zero-order valence-corrected chi connectivity index (χ0v) is 21.3. The highest BCUT2D eigenvalue weighted by Crippen LogP contribution is 2.38. The summed E-state index contributed by atoms with van der Waals surface area (Å²) in [5.74, 6) is -0.951. The van der Waals surface area contributed by atoms with Gasteiger partial charge in [-0.2, -0.15) is 0 Å². The number of nitrogens with zero attached hydrogens (tertiary/aromatic N) is 1. The molecule has 2 amide bonds. The molecule has 0 N–H and O–H groups in total. The van der Waals surface area contributed by atoms with E-state index >= 15 is 0 Å². The Morgan fingerprint density at radius 2 is 2.03 bits per heavy atom. The monoisotopic (exact) mass is 605 g/mol. The van der Waals surface area contributed by atoms with Gasteiger partial charge in [-0.15, -0.1) is 0 Å². The molecule has 1 aliphatic heterocycles. The van der Waals surface area contributed by atoms with Gasteiger partial charge in [-0.25, -0.2) is 9.18 Å². The average molecular weight is 606 g/mol. The van der Waals surface area contributed by atoms with Crippen molar-refractivity contribution in [2.24, 2.45) is 0 Å². The molecule has 0 saturated carbocycles. The number of ether oxygens (including phenoxy) is 3. The maximum absolute atomic E-state index is 14.1. The number of thioether (sulfide) groups is 1. The fourth-order valence-corrected chi connectivity index (χ4v) is 4.74. The first-order valence-electron chi connectivity index (χ1n) is 9.59. The number of halogens is 3. The van der Waals surface area contributed by atoms with Crippen LogP contribution in [0.25, 0.3) is 6.08 Å². The predicted molar refractivity (Wildman–Crippen MR) is 131 cm³/mol. The fourth-order valence-electron chi connectivity index (χ4n) is 2.89. The molecule has 0 radical (unpaired) electrons. The first-order valence-corrected chi connectivity index (χ1v) is 11.9. The van der Waals surface area contributed by atoms with Crippen LogP contribution in [0.4, 0.5) is 9.18 Å². The van der Waals surface area contributed by atoms with Crippen LogP contribution in [0.1, 0.15) is 18.1 Å². The molecule has 3 rings (SSSR count). The smallest absolute Gasteiger partial charge is 0.343 e. The number of esters is 1. The van der Waals surface area contributed by atoms with Crippen LogP contribution in [0.5, 0.6) is 11.5 Å². The normalized spacial score (nSPS) is 14.7. The van der Waals surface area contributed by atoms with Crippen LogP contribution < -0.4 is 9.47 Å². The molecule has 1 fully saturated rings. The van der Waals surface area contributed by atoms with Gasteiger partial charge >= 0.3 is 5.97 Å². The molecular weight excluding hydrogens is 588 g/mol. The van der Waals surface area contributed by atoms with Crippen molar-refractivity contribution >= 4 is 69.1 Å². The van der Waals surface area contributed by atoms with E-state index in [9.17, 15) is 18.8 Å². The summed E-state index contributed by atoms with van der Waals surface area (Å²) in [7, 11) is 1.26. The lowest BCUT2D eigenvalue weighted by Crippen LogP contribution is -2.28. The minimum Gasteiger partial charge on any atom is -0.490 e. The van der Waals surface area contributed by atoms with E-state index in [0.29, 0.717) is 27.2 Å². The molecule has 0 aromatic heterocycles. The van der Waals surface area contributed by atoms with Crippen LogP contribution >= 0.6 is 46.0 Å². The molecule has 1 aliphatic rings. The van der Waals surface area contributed by atoms with E-state index in [1.807, 2.05) is 22.6 Å². The lowest BCUT2D eigenvalue weighted by atomic mass is 10.1. The highest BCUT2D eigenvalue weighted by Gasteiger charge is 2.36. The highest BCUT2D eigenvalue weighted by molar-refractivity contribution is 14.1. The van der Waals surface area contributed by atoms with Gasteiger partial charge in [-0.1, -0.05) is 17.7 Å². The van der Waals surface area contributed by atoms with Crippen LogP contribution in [0.2, 0.25) is 5.02 Å². The number of methoxy groups -OCH3 is 1. The lowest BCUT2D eigenvalue weighted by molar-refractivity contribution is -0.143. The van der Waals surface area contributed by atoms with Gasteiger partial charge in [-0.05, 0) is 77.2 Å². The third-order valence-electron chi connectivity index (χ3n) is 4.44. The summed E-state index contributed by atoms with van der Waals surface area (Å²) in [6.07, 6.45) is 1.54. The Labute approximate surface area is 212 Å². The number of benzene rings is 2. The lowest BCUT2D eigenvalue weighted by Gasteiger charge is -2.15. The van der Waals surface area contributed by atoms with Gasteiger partial charge < -0.3 is 14.2 Å². The van der Waals surface area contributed by atoms with Crippen LogP contribution in [0, 0.1) is 9.39 Å². The van der Waals surface area contributed by atoms with Gasteiger partial charge in [0.05, 0.1) is 28.7 Å². The van der Waals surface area contributed by atoms with Gasteiger partial charge in [-0.3, -0.25) is 14.5 Å². The van der Waals surface area contributed by atoms with Crippen molar-refractivity contribution in [2.45, 2.75) is 13.5 Å². The van der Waals surface area contributed by atoms with Crippen molar-refractivity contribution in [1.29, 1.82) is 0 Å². The zero-order valence-electron chi connectivity index (χ0n) is 17.5. The highest BCUT2D eigenvalue weighted by atomic mass is 127. The molecule has 0 bridgehead atoms. The molecule has 1 saturated heterocycles. The maximum Gasteiger partial charge on any atom is 0.343 e. The van der Waals surface area contributed by atoms with Crippen molar-refractivity contribution in [3.05, 3.63) is 60.8 Å².